The minimum absolute atomic E-state index is 0.168. The summed E-state index contributed by atoms with van der Waals surface area (Å²) in [5.74, 6) is -3.16. The predicted molar refractivity (Wildman–Crippen MR) is 157 cm³/mol. The molecule has 0 heterocycles. The summed E-state index contributed by atoms with van der Waals surface area (Å²) in [4.78, 5) is 43.6. The van der Waals surface area contributed by atoms with Gasteiger partial charge in [0.2, 0.25) is 0 Å². The van der Waals surface area contributed by atoms with E-state index in [-0.39, 0.29) is 11.6 Å². The van der Waals surface area contributed by atoms with E-state index in [9.17, 15) is 27.6 Å². The normalized spacial score (nSPS) is 11.0. The average molecular weight is 591 g/mol. The highest BCUT2D eigenvalue weighted by Gasteiger charge is 2.33. The van der Waals surface area contributed by atoms with Crippen LogP contribution < -0.4 is 0 Å². The first-order valence-corrected chi connectivity index (χ1v) is 14.1. The van der Waals surface area contributed by atoms with Crippen molar-refractivity contribution in [3.05, 3.63) is 144 Å². The van der Waals surface area contributed by atoms with Gasteiger partial charge in [-0.1, -0.05) is 121 Å². The number of carboxylic acids is 2. The number of hydrogen-bond donors (Lipinski definition) is 3. The van der Waals surface area contributed by atoms with Gasteiger partial charge in [0, 0.05) is 24.0 Å². The Morgan fingerprint density at radius 2 is 0.857 bits per heavy atom. The first kappa shape index (κ1) is 33.3. The minimum atomic E-state index is -4.84. The van der Waals surface area contributed by atoms with Crippen LogP contribution in [0.1, 0.15) is 38.3 Å². The monoisotopic (exact) mass is 590 g/mol. The van der Waals surface area contributed by atoms with Gasteiger partial charge in [-0.25, -0.2) is 0 Å². The van der Waals surface area contributed by atoms with Gasteiger partial charge in [-0.15, -0.1) is 0 Å². The van der Waals surface area contributed by atoms with E-state index in [1.807, 2.05) is 121 Å². The third-order valence-corrected chi connectivity index (χ3v) is 6.69. The molecule has 4 aromatic rings. The van der Waals surface area contributed by atoms with Crippen molar-refractivity contribution in [2.45, 2.75) is 24.5 Å². The number of Topliss-reactive ketones (excluding diaryl/α,β-unsaturated/α-hetero) is 2. The summed E-state index contributed by atoms with van der Waals surface area (Å²) in [5.41, 5.74) is 3.68. The van der Waals surface area contributed by atoms with Gasteiger partial charge in [0.1, 0.15) is 0 Å². The maximum absolute atomic E-state index is 11.8. The Kier molecular flexibility index (Phi) is 13.5. The maximum Gasteiger partial charge on any atom is 0.325 e. The van der Waals surface area contributed by atoms with Crippen LogP contribution in [0.3, 0.4) is 0 Å². The fraction of sp³-hybridized carbons (Fsp3) is 0.125. The average Bonchev–Trinajstić information content (AvgIpc) is 2.98. The first-order chi connectivity index (χ1) is 20.0. The molecule has 3 N–H and O–H groups in total. The maximum atomic E-state index is 11.8. The molecule has 0 aromatic heterocycles. The van der Waals surface area contributed by atoms with Crippen LogP contribution in [0.5, 0.6) is 0 Å². The van der Waals surface area contributed by atoms with Crippen LogP contribution in [0, 0.1) is 0 Å². The predicted octanol–water partition coefficient (Wildman–Crippen LogP) is 5.03. The number of ketones is 2. The number of rotatable bonds is 10. The number of aliphatic carboxylic acids is 2. The fourth-order valence-electron chi connectivity index (χ4n) is 3.49. The molecule has 4 rings (SSSR count). The van der Waals surface area contributed by atoms with Crippen molar-refractivity contribution in [1.29, 1.82) is 0 Å². The van der Waals surface area contributed by atoms with E-state index in [4.69, 9.17) is 14.8 Å². The lowest BCUT2D eigenvalue weighted by Crippen LogP contribution is -2.31. The second-order valence-corrected chi connectivity index (χ2v) is 10.4. The van der Waals surface area contributed by atoms with Gasteiger partial charge in [0.05, 0.1) is 6.42 Å². The molecule has 0 bridgehead atoms. The van der Waals surface area contributed by atoms with Gasteiger partial charge in [0.15, 0.2) is 16.8 Å². The van der Waals surface area contributed by atoms with E-state index in [0.717, 1.165) is 22.3 Å². The number of carboxylic acid groups (broad SMARTS) is 2. The third-order valence-electron chi connectivity index (χ3n) is 5.60. The largest absolute Gasteiger partial charge is 0.481 e. The highest BCUT2D eigenvalue weighted by Crippen LogP contribution is 2.08. The molecular formula is C32H30O9S. The Bertz CT molecular complexity index is 1450. The molecule has 0 aliphatic carbocycles. The molecule has 1 atom stereocenters. The van der Waals surface area contributed by atoms with Crippen LogP contribution in [-0.4, -0.2) is 51.9 Å². The van der Waals surface area contributed by atoms with Crippen molar-refractivity contribution in [2.24, 2.45) is 0 Å². The zero-order chi connectivity index (χ0) is 31.0. The molecule has 0 saturated carbocycles. The van der Waals surface area contributed by atoms with Crippen molar-refractivity contribution >= 4 is 33.6 Å². The van der Waals surface area contributed by atoms with Crippen molar-refractivity contribution in [1.82, 2.24) is 0 Å². The molecule has 1 unspecified atom stereocenters. The molecule has 10 heteroatoms. The van der Waals surface area contributed by atoms with E-state index in [0.29, 0.717) is 12.8 Å². The molecule has 9 nitrogen and oxygen atoms in total. The molecule has 0 aliphatic rings. The van der Waals surface area contributed by atoms with Gasteiger partial charge in [-0.3, -0.25) is 23.7 Å². The molecule has 42 heavy (non-hydrogen) atoms. The Labute approximate surface area is 243 Å². The second-order valence-electron chi connectivity index (χ2n) is 8.84. The summed E-state index contributed by atoms with van der Waals surface area (Å²) < 4.78 is 28.7. The lowest BCUT2D eigenvalue weighted by atomic mass is 10.0. The van der Waals surface area contributed by atoms with Gasteiger partial charge in [-0.2, -0.15) is 8.42 Å². The van der Waals surface area contributed by atoms with Gasteiger partial charge < -0.3 is 10.2 Å². The number of hydrogen-bond acceptors (Lipinski definition) is 6. The van der Waals surface area contributed by atoms with Crippen molar-refractivity contribution < 1.29 is 42.4 Å². The van der Waals surface area contributed by atoms with Gasteiger partial charge >= 0.3 is 11.9 Å². The van der Waals surface area contributed by atoms with E-state index in [1.54, 1.807) is 0 Å². The highest BCUT2D eigenvalue weighted by molar-refractivity contribution is 7.87. The number of carbonyl (C=O) groups is 4. The van der Waals surface area contributed by atoms with Gasteiger partial charge in [-0.05, 0) is 11.1 Å². The molecule has 0 fully saturated rings. The zero-order valence-electron chi connectivity index (χ0n) is 22.4. The van der Waals surface area contributed by atoms with Crippen LogP contribution in [-0.2, 0) is 32.5 Å². The molecule has 0 radical (unpaired) electrons. The molecule has 4 aromatic carbocycles. The Hall–Kier alpha value is -4.93. The van der Waals surface area contributed by atoms with Crippen LogP contribution in [0.2, 0.25) is 0 Å². The molecule has 0 aliphatic heterocycles. The highest BCUT2D eigenvalue weighted by atomic mass is 32.2. The van der Waals surface area contributed by atoms with Crippen LogP contribution in [0.25, 0.3) is 0 Å². The van der Waals surface area contributed by atoms with Crippen molar-refractivity contribution in [2.75, 3.05) is 0 Å². The fourth-order valence-corrected chi connectivity index (χ4v) is 4.10. The van der Waals surface area contributed by atoms with Crippen molar-refractivity contribution in [3.63, 3.8) is 0 Å². The summed E-state index contributed by atoms with van der Waals surface area (Å²) in [6, 6.07) is 38.4. The zero-order valence-corrected chi connectivity index (χ0v) is 23.3. The Balaban J connectivity index is 0.000000222. The molecule has 0 saturated heterocycles. The Morgan fingerprint density at radius 3 is 1.10 bits per heavy atom. The lowest BCUT2D eigenvalue weighted by molar-refractivity contribution is -0.143. The van der Waals surface area contributed by atoms with E-state index >= 15 is 0 Å². The quantitative estimate of drug-likeness (QED) is 0.170. The topological polar surface area (TPSA) is 163 Å². The smallest absolute Gasteiger partial charge is 0.325 e. The standard InChI is InChI=1S/2C14H12O.C4H6O7S/c2*15-14(13-9-5-2-6-10-13)11-12-7-3-1-4-8-12;5-3(6)1-2(4(7)8)12(9,10)11/h2*1-10H,11H2;2H,1H2,(H,5,6)(H,7,8)(H,9,10,11). The molecule has 0 amide bonds. The number of carbonyl (C=O) groups excluding carboxylic acids is 2. The number of benzene rings is 4. The van der Waals surface area contributed by atoms with Crippen LogP contribution in [0.15, 0.2) is 121 Å². The van der Waals surface area contributed by atoms with Crippen LogP contribution >= 0.6 is 0 Å². The Morgan fingerprint density at radius 1 is 0.548 bits per heavy atom. The SMILES string of the molecule is O=C(Cc1ccccc1)c1ccccc1.O=C(Cc1ccccc1)c1ccccc1.O=C(O)CC(C(=O)O)S(=O)(=O)O. The van der Waals surface area contributed by atoms with E-state index in [2.05, 4.69) is 0 Å². The second kappa shape index (κ2) is 17.0. The minimum Gasteiger partial charge on any atom is -0.481 e. The summed E-state index contributed by atoms with van der Waals surface area (Å²) in [6.07, 6.45) is -0.204. The van der Waals surface area contributed by atoms with E-state index < -0.39 is 33.7 Å². The summed E-state index contributed by atoms with van der Waals surface area (Å²) in [5, 5.41) is 13.9. The molecule has 0 spiro atoms. The molecule has 218 valence electrons. The van der Waals surface area contributed by atoms with E-state index in [1.165, 1.54) is 0 Å². The van der Waals surface area contributed by atoms with Gasteiger partial charge in [0.25, 0.3) is 10.1 Å². The first-order valence-electron chi connectivity index (χ1n) is 12.6. The van der Waals surface area contributed by atoms with Crippen LogP contribution in [0.4, 0.5) is 0 Å². The third kappa shape index (κ3) is 12.5. The molecular weight excluding hydrogens is 560 g/mol. The lowest BCUT2D eigenvalue weighted by Gasteiger charge is -2.04. The summed E-state index contributed by atoms with van der Waals surface area (Å²) in [7, 11) is -4.84. The van der Waals surface area contributed by atoms with Crippen molar-refractivity contribution in [3.8, 4) is 0 Å². The summed E-state index contributed by atoms with van der Waals surface area (Å²) in [6.45, 7) is 0. The summed E-state index contributed by atoms with van der Waals surface area (Å²) >= 11 is 0.